The van der Waals surface area contributed by atoms with Gasteiger partial charge in [0.05, 0.1) is 18.1 Å². The molecular weight excluding hydrogens is 368 g/mol. The van der Waals surface area contributed by atoms with E-state index in [1.165, 1.54) is 4.31 Å². The number of carbonyl (C=O) groups is 1. The minimum Gasteiger partial charge on any atom is -0.496 e. The first kappa shape index (κ1) is 20.1. The van der Waals surface area contributed by atoms with Crippen molar-refractivity contribution in [3.8, 4) is 5.75 Å². The zero-order valence-corrected chi connectivity index (χ0v) is 16.6. The number of nitrogens with one attached hydrogen (secondary N) is 1. The summed E-state index contributed by atoms with van der Waals surface area (Å²) in [4.78, 5) is 12.4. The third-order valence-electron chi connectivity index (χ3n) is 5.13. The van der Waals surface area contributed by atoms with Crippen LogP contribution in [0.1, 0.15) is 37.7 Å². The predicted octanol–water partition coefficient (Wildman–Crippen LogP) is 1.71. The van der Waals surface area contributed by atoms with E-state index in [2.05, 4.69) is 5.32 Å². The molecule has 0 aromatic heterocycles. The Balaban J connectivity index is 1.63. The molecule has 8 heteroatoms. The summed E-state index contributed by atoms with van der Waals surface area (Å²) >= 11 is 0. The molecule has 0 bridgehead atoms. The van der Waals surface area contributed by atoms with E-state index in [4.69, 9.17) is 9.47 Å². The van der Waals surface area contributed by atoms with Crippen molar-refractivity contribution < 1.29 is 22.7 Å². The average Bonchev–Trinajstić information content (AvgIpc) is 3.38. The van der Waals surface area contributed by atoms with Gasteiger partial charge in [-0.3, -0.25) is 4.79 Å². The fourth-order valence-corrected chi connectivity index (χ4v) is 5.13. The molecule has 150 valence electrons. The second-order valence-corrected chi connectivity index (χ2v) is 8.96. The van der Waals surface area contributed by atoms with Crippen LogP contribution in [0, 0.1) is 0 Å². The van der Waals surface area contributed by atoms with Gasteiger partial charge in [-0.1, -0.05) is 0 Å². The number of sulfonamides is 1. The van der Waals surface area contributed by atoms with Crippen LogP contribution in [0.2, 0.25) is 0 Å². The van der Waals surface area contributed by atoms with Crippen molar-refractivity contribution in [2.45, 2.75) is 49.5 Å². The van der Waals surface area contributed by atoms with Gasteiger partial charge in [0.2, 0.25) is 15.9 Å². The van der Waals surface area contributed by atoms with E-state index in [9.17, 15) is 13.2 Å². The molecule has 2 aliphatic heterocycles. The molecule has 1 aromatic carbocycles. The lowest BCUT2D eigenvalue weighted by molar-refractivity contribution is -0.121. The van der Waals surface area contributed by atoms with E-state index >= 15 is 0 Å². The number of nitrogens with zero attached hydrogens (tertiary/aromatic N) is 1. The van der Waals surface area contributed by atoms with Gasteiger partial charge in [0.1, 0.15) is 5.75 Å². The summed E-state index contributed by atoms with van der Waals surface area (Å²) in [6.45, 7) is 2.42. The van der Waals surface area contributed by atoms with Gasteiger partial charge in [0, 0.05) is 32.7 Å². The maximum Gasteiger partial charge on any atom is 0.243 e. The third kappa shape index (κ3) is 5.00. The van der Waals surface area contributed by atoms with Crippen molar-refractivity contribution in [2.75, 3.05) is 33.4 Å². The lowest BCUT2D eigenvalue weighted by Crippen LogP contribution is -2.31. The highest BCUT2D eigenvalue weighted by Gasteiger charge is 2.27. The molecule has 27 heavy (non-hydrogen) atoms. The van der Waals surface area contributed by atoms with E-state index in [0.29, 0.717) is 31.8 Å². The molecule has 0 saturated carbocycles. The van der Waals surface area contributed by atoms with E-state index < -0.39 is 10.0 Å². The first-order chi connectivity index (χ1) is 13.0. The van der Waals surface area contributed by atoms with E-state index in [0.717, 1.165) is 37.9 Å². The van der Waals surface area contributed by atoms with E-state index in [1.807, 2.05) is 0 Å². The van der Waals surface area contributed by atoms with Gasteiger partial charge in [-0.15, -0.1) is 0 Å². The molecule has 2 saturated heterocycles. The zero-order valence-electron chi connectivity index (χ0n) is 15.8. The van der Waals surface area contributed by atoms with Crippen LogP contribution in [0.25, 0.3) is 0 Å². The van der Waals surface area contributed by atoms with Crippen molar-refractivity contribution in [1.82, 2.24) is 9.62 Å². The van der Waals surface area contributed by atoms with E-state index in [-0.39, 0.29) is 23.3 Å². The normalized spacial score (nSPS) is 20.7. The Hall–Kier alpha value is -1.64. The molecule has 3 rings (SSSR count). The van der Waals surface area contributed by atoms with Gasteiger partial charge < -0.3 is 14.8 Å². The second kappa shape index (κ2) is 9.03. The van der Waals surface area contributed by atoms with Crippen LogP contribution in [0.5, 0.6) is 5.75 Å². The fourth-order valence-electron chi connectivity index (χ4n) is 3.56. The van der Waals surface area contributed by atoms with Crippen LogP contribution in [-0.2, 0) is 26.0 Å². The molecule has 1 atom stereocenters. The van der Waals surface area contributed by atoms with Crippen molar-refractivity contribution in [3.63, 3.8) is 0 Å². The zero-order chi connectivity index (χ0) is 19.3. The SMILES string of the molecule is COc1ccc(S(=O)(=O)N2CCCC2)cc1CCC(=O)NC[C@H]1CCCO1. The lowest BCUT2D eigenvalue weighted by Gasteiger charge is -2.17. The smallest absolute Gasteiger partial charge is 0.243 e. The number of benzene rings is 1. The minimum absolute atomic E-state index is 0.0691. The summed E-state index contributed by atoms with van der Waals surface area (Å²) in [6, 6.07) is 4.88. The highest BCUT2D eigenvalue weighted by Crippen LogP contribution is 2.27. The van der Waals surface area contributed by atoms with Gasteiger partial charge in [0.15, 0.2) is 0 Å². The molecular formula is C19H28N2O5S. The average molecular weight is 397 g/mol. The lowest BCUT2D eigenvalue weighted by atomic mass is 10.1. The van der Waals surface area contributed by atoms with Crippen LogP contribution in [0.15, 0.2) is 23.1 Å². The number of methoxy groups -OCH3 is 1. The Morgan fingerprint density at radius 1 is 1.30 bits per heavy atom. The highest BCUT2D eigenvalue weighted by atomic mass is 32.2. The van der Waals surface area contributed by atoms with Crippen molar-refractivity contribution in [3.05, 3.63) is 23.8 Å². The minimum atomic E-state index is -3.49. The maximum absolute atomic E-state index is 12.8. The van der Waals surface area contributed by atoms with Crippen molar-refractivity contribution in [2.24, 2.45) is 0 Å². The molecule has 2 fully saturated rings. The molecule has 1 aromatic rings. The summed E-state index contributed by atoms with van der Waals surface area (Å²) in [5.41, 5.74) is 0.727. The van der Waals surface area contributed by atoms with Crippen LogP contribution >= 0.6 is 0 Å². The molecule has 0 aliphatic carbocycles. The van der Waals surface area contributed by atoms with Gasteiger partial charge in [-0.25, -0.2) is 8.42 Å². The molecule has 7 nitrogen and oxygen atoms in total. The number of rotatable bonds is 8. The molecule has 0 spiro atoms. The third-order valence-corrected chi connectivity index (χ3v) is 7.02. The van der Waals surface area contributed by atoms with Crippen LogP contribution in [0.4, 0.5) is 0 Å². The van der Waals surface area contributed by atoms with Gasteiger partial charge in [-0.05, 0) is 55.9 Å². The summed E-state index contributed by atoms with van der Waals surface area (Å²) in [5, 5.41) is 2.89. The molecule has 1 amide bonds. The van der Waals surface area contributed by atoms with Gasteiger partial charge >= 0.3 is 0 Å². The highest BCUT2D eigenvalue weighted by molar-refractivity contribution is 7.89. The Labute approximate surface area is 161 Å². The molecule has 2 aliphatic rings. The summed E-state index contributed by atoms with van der Waals surface area (Å²) in [5.74, 6) is 0.530. The van der Waals surface area contributed by atoms with Crippen molar-refractivity contribution in [1.29, 1.82) is 0 Å². The first-order valence-electron chi connectivity index (χ1n) is 9.56. The Morgan fingerprint density at radius 2 is 2.07 bits per heavy atom. The van der Waals surface area contributed by atoms with E-state index in [1.54, 1.807) is 25.3 Å². The molecule has 2 heterocycles. The number of aryl methyl sites for hydroxylation is 1. The quantitative estimate of drug-likeness (QED) is 0.723. The Bertz CT molecular complexity index is 753. The largest absolute Gasteiger partial charge is 0.496 e. The number of hydrogen-bond acceptors (Lipinski definition) is 5. The molecule has 0 unspecified atom stereocenters. The number of amides is 1. The topological polar surface area (TPSA) is 84.9 Å². The maximum atomic E-state index is 12.8. The van der Waals surface area contributed by atoms with Gasteiger partial charge in [-0.2, -0.15) is 4.31 Å². The van der Waals surface area contributed by atoms with Crippen LogP contribution in [0.3, 0.4) is 0 Å². The number of carbonyl (C=O) groups excluding carboxylic acids is 1. The van der Waals surface area contributed by atoms with Crippen molar-refractivity contribution >= 4 is 15.9 Å². The van der Waals surface area contributed by atoms with Gasteiger partial charge in [0.25, 0.3) is 0 Å². The fraction of sp³-hybridized carbons (Fsp3) is 0.632. The molecule has 1 N–H and O–H groups in total. The summed E-state index contributed by atoms with van der Waals surface area (Å²) in [6.07, 6.45) is 4.61. The number of ether oxygens (including phenoxy) is 2. The Morgan fingerprint density at radius 3 is 2.74 bits per heavy atom. The van der Waals surface area contributed by atoms with Crippen LogP contribution < -0.4 is 10.1 Å². The Kier molecular flexibility index (Phi) is 6.73. The standard InChI is InChI=1S/C19H28N2O5S/c1-25-18-8-7-17(27(23,24)21-10-2-3-11-21)13-15(18)6-9-19(22)20-14-16-5-4-12-26-16/h7-8,13,16H,2-6,9-12,14H2,1H3,(H,20,22)/t16-/m1/s1. The number of hydrogen-bond donors (Lipinski definition) is 1. The molecule has 0 radical (unpaired) electrons. The summed E-state index contributed by atoms with van der Waals surface area (Å²) < 4.78 is 37.9. The predicted molar refractivity (Wildman–Crippen MR) is 101 cm³/mol. The second-order valence-electron chi connectivity index (χ2n) is 7.02. The summed E-state index contributed by atoms with van der Waals surface area (Å²) in [7, 11) is -1.94. The first-order valence-corrected chi connectivity index (χ1v) is 11.0. The monoisotopic (exact) mass is 396 g/mol. The van der Waals surface area contributed by atoms with Crippen LogP contribution in [-0.4, -0.2) is 58.1 Å².